The van der Waals surface area contributed by atoms with Crippen LogP contribution in [-0.2, 0) is 9.59 Å². The van der Waals surface area contributed by atoms with E-state index in [1.54, 1.807) is 12.1 Å². The number of para-hydroxylation sites is 1. The standard InChI is InChI=1S/C15H20ClN3O2/c16-12-3-1-2-4-13(12)18-14(20)7-10-19-8-5-11(6-9-19)15(17)21/h1-4,11H,5-10H2,(H2,17,21)(H,18,20). The van der Waals surface area contributed by atoms with Crippen LogP contribution < -0.4 is 11.1 Å². The maximum Gasteiger partial charge on any atom is 0.225 e. The fourth-order valence-electron chi connectivity index (χ4n) is 2.48. The summed E-state index contributed by atoms with van der Waals surface area (Å²) in [7, 11) is 0. The van der Waals surface area contributed by atoms with Crippen LogP contribution in [0.5, 0.6) is 0 Å². The summed E-state index contributed by atoms with van der Waals surface area (Å²) in [6.07, 6.45) is 1.97. The number of likely N-dealkylation sites (tertiary alicyclic amines) is 1. The molecule has 0 unspecified atom stereocenters. The first-order valence-electron chi connectivity index (χ1n) is 7.12. The maximum atomic E-state index is 11.9. The van der Waals surface area contributed by atoms with Crippen molar-refractivity contribution in [3.63, 3.8) is 0 Å². The van der Waals surface area contributed by atoms with Crippen molar-refractivity contribution in [2.45, 2.75) is 19.3 Å². The zero-order chi connectivity index (χ0) is 15.2. The highest BCUT2D eigenvalue weighted by molar-refractivity contribution is 6.33. The van der Waals surface area contributed by atoms with Crippen LogP contribution in [0.1, 0.15) is 19.3 Å². The van der Waals surface area contributed by atoms with E-state index in [2.05, 4.69) is 10.2 Å². The Bertz CT molecular complexity index is 513. The molecule has 0 radical (unpaired) electrons. The van der Waals surface area contributed by atoms with E-state index in [-0.39, 0.29) is 17.7 Å². The minimum atomic E-state index is -0.217. The lowest BCUT2D eigenvalue weighted by atomic mass is 9.96. The molecular formula is C15H20ClN3O2. The first-order chi connectivity index (χ1) is 10.1. The van der Waals surface area contributed by atoms with Crippen molar-refractivity contribution in [3.05, 3.63) is 29.3 Å². The second-order valence-corrected chi connectivity index (χ2v) is 5.70. The van der Waals surface area contributed by atoms with E-state index in [4.69, 9.17) is 17.3 Å². The van der Waals surface area contributed by atoms with Crippen molar-refractivity contribution < 1.29 is 9.59 Å². The fraction of sp³-hybridized carbons (Fsp3) is 0.467. The van der Waals surface area contributed by atoms with Gasteiger partial charge in [0.2, 0.25) is 11.8 Å². The van der Waals surface area contributed by atoms with Gasteiger partial charge in [-0.25, -0.2) is 0 Å². The summed E-state index contributed by atoms with van der Waals surface area (Å²) in [5.74, 6) is -0.288. The van der Waals surface area contributed by atoms with Gasteiger partial charge in [-0.05, 0) is 38.1 Å². The van der Waals surface area contributed by atoms with Crippen LogP contribution in [0.2, 0.25) is 5.02 Å². The van der Waals surface area contributed by atoms with Crippen molar-refractivity contribution in [3.8, 4) is 0 Å². The van der Waals surface area contributed by atoms with Crippen LogP contribution >= 0.6 is 11.6 Å². The van der Waals surface area contributed by atoms with Gasteiger partial charge >= 0.3 is 0 Å². The number of rotatable bonds is 5. The van der Waals surface area contributed by atoms with Gasteiger partial charge in [-0.3, -0.25) is 9.59 Å². The number of anilines is 1. The molecule has 1 saturated heterocycles. The zero-order valence-electron chi connectivity index (χ0n) is 11.8. The second-order valence-electron chi connectivity index (χ2n) is 5.30. The topological polar surface area (TPSA) is 75.4 Å². The minimum Gasteiger partial charge on any atom is -0.369 e. The Labute approximate surface area is 129 Å². The fourth-order valence-corrected chi connectivity index (χ4v) is 2.66. The third-order valence-electron chi connectivity index (χ3n) is 3.79. The van der Waals surface area contributed by atoms with E-state index in [9.17, 15) is 9.59 Å². The monoisotopic (exact) mass is 309 g/mol. The van der Waals surface area contributed by atoms with Gasteiger partial charge in [-0.15, -0.1) is 0 Å². The van der Waals surface area contributed by atoms with Crippen molar-refractivity contribution >= 4 is 29.1 Å². The van der Waals surface area contributed by atoms with Crippen molar-refractivity contribution in [1.82, 2.24) is 4.90 Å². The Kier molecular flexibility index (Phi) is 5.59. The zero-order valence-corrected chi connectivity index (χ0v) is 12.6. The molecule has 1 aliphatic rings. The van der Waals surface area contributed by atoms with Gasteiger partial charge in [-0.2, -0.15) is 0 Å². The Morgan fingerprint density at radius 2 is 1.95 bits per heavy atom. The van der Waals surface area contributed by atoms with Gasteiger partial charge in [0.1, 0.15) is 0 Å². The molecule has 0 aromatic heterocycles. The molecule has 0 aliphatic carbocycles. The number of amides is 2. The number of hydrogen-bond donors (Lipinski definition) is 2. The highest BCUT2D eigenvalue weighted by atomic mass is 35.5. The van der Waals surface area contributed by atoms with E-state index in [0.717, 1.165) is 25.9 Å². The van der Waals surface area contributed by atoms with E-state index in [1.807, 2.05) is 12.1 Å². The number of carbonyl (C=O) groups is 2. The molecule has 1 aromatic carbocycles. The average molecular weight is 310 g/mol. The molecule has 2 rings (SSSR count). The molecule has 114 valence electrons. The lowest BCUT2D eigenvalue weighted by Crippen LogP contribution is -2.39. The summed E-state index contributed by atoms with van der Waals surface area (Å²) in [5.41, 5.74) is 5.94. The molecular weight excluding hydrogens is 290 g/mol. The molecule has 1 fully saturated rings. The van der Waals surface area contributed by atoms with Gasteiger partial charge in [0, 0.05) is 18.9 Å². The molecule has 5 nitrogen and oxygen atoms in total. The van der Waals surface area contributed by atoms with Gasteiger partial charge < -0.3 is 16.0 Å². The summed E-state index contributed by atoms with van der Waals surface area (Å²) in [6, 6.07) is 7.17. The lowest BCUT2D eigenvalue weighted by molar-refractivity contribution is -0.123. The van der Waals surface area contributed by atoms with Crippen molar-refractivity contribution in [2.75, 3.05) is 25.0 Å². The van der Waals surface area contributed by atoms with Crippen LogP contribution in [-0.4, -0.2) is 36.3 Å². The Hall–Kier alpha value is -1.59. The first-order valence-corrected chi connectivity index (χ1v) is 7.50. The largest absolute Gasteiger partial charge is 0.369 e. The van der Waals surface area contributed by atoms with Crippen LogP contribution in [0.4, 0.5) is 5.69 Å². The van der Waals surface area contributed by atoms with Crippen molar-refractivity contribution in [1.29, 1.82) is 0 Å². The maximum absolute atomic E-state index is 11.9. The molecule has 2 amide bonds. The minimum absolute atomic E-state index is 0.0156. The lowest BCUT2D eigenvalue weighted by Gasteiger charge is -2.30. The number of primary amides is 1. The number of nitrogens with zero attached hydrogens (tertiary/aromatic N) is 1. The summed E-state index contributed by atoms with van der Waals surface area (Å²) < 4.78 is 0. The Balaban J connectivity index is 1.73. The summed E-state index contributed by atoms with van der Waals surface area (Å²) in [5, 5.41) is 3.34. The molecule has 0 saturated carbocycles. The van der Waals surface area contributed by atoms with Gasteiger partial charge in [0.15, 0.2) is 0 Å². The van der Waals surface area contributed by atoms with Crippen LogP contribution in [0.3, 0.4) is 0 Å². The number of piperidine rings is 1. The van der Waals surface area contributed by atoms with Gasteiger partial charge in [0.25, 0.3) is 0 Å². The molecule has 1 heterocycles. The molecule has 0 bridgehead atoms. The molecule has 6 heteroatoms. The van der Waals surface area contributed by atoms with E-state index in [0.29, 0.717) is 23.7 Å². The highest BCUT2D eigenvalue weighted by Gasteiger charge is 2.23. The Morgan fingerprint density at radius 1 is 1.29 bits per heavy atom. The summed E-state index contributed by atoms with van der Waals surface area (Å²) in [4.78, 5) is 25.2. The number of benzene rings is 1. The molecule has 0 atom stereocenters. The normalized spacial score (nSPS) is 16.6. The number of halogens is 1. The van der Waals surface area contributed by atoms with Crippen molar-refractivity contribution in [2.24, 2.45) is 11.7 Å². The van der Waals surface area contributed by atoms with E-state index < -0.39 is 0 Å². The number of carbonyl (C=O) groups excluding carboxylic acids is 2. The van der Waals surface area contributed by atoms with Crippen LogP contribution in [0, 0.1) is 5.92 Å². The molecule has 21 heavy (non-hydrogen) atoms. The average Bonchev–Trinajstić information content (AvgIpc) is 2.48. The van der Waals surface area contributed by atoms with Gasteiger partial charge in [0.05, 0.1) is 10.7 Å². The molecule has 1 aromatic rings. The number of hydrogen-bond acceptors (Lipinski definition) is 3. The predicted molar refractivity (Wildman–Crippen MR) is 83.1 cm³/mol. The molecule has 3 N–H and O–H groups in total. The summed E-state index contributed by atoms with van der Waals surface area (Å²) in [6.45, 7) is 2.31. The Morgan fingerprint density at radius 3 is 2.57 bits per heavy atom. The highest BCUT2D eigenvalue weighted by Crippen LogP contribution is 2.21. The molecule has 1 aliphatic heterocycles. The SMILES string of the molecule is NC(=O)C1CCN(CCC(=O)Nc2ccccc2Cl)CC1. The predicted octanol–water partition coefficient (Wildman–Crippen LogP) is 1.87. The quantitative estimate of drug-likeness (QED) is 0.872. The second kappa shape index (κ2) is 7.43. The summed E-state index contributed by atoms with van der Waals surface area (Å²) >= 11 is 5.99. The first kappa shape index (κ1) is 15.8. The molecule has 0 spiro atoms. The van der Waals surface area contributed by atoms with Crippen LogP contribution in [0.25, 0.3) is 0 Å². The smallest absolute Gasteiger partial charge is 0.225 e. The third kappa shape index (κ3) is 4.72. The number of nitrogens with one attached hydrogen (secondary N) is 1. The number of nitrogens with two attached hydrogens (primary N) is 1. The van der Waals surface area contributed by atoms with E-state index in [1.165, 1.54) is 0 Å². The van der Waals surface area contributed by atoms with Gasteiger partial charge in [-0.1, -0.05) is 23.7 Å². The van der Waals surface area contributed by atoms with Crippen LogP contribution in [0.15, 0.2) is 24.3 Å². The third-order valence-corrected chi connectivity index (χ3v) is 4.12. The van der Waals surface area contributed by atoms with E-state index >= 15 is 0 Å².